The van der Waals surface area contributed by atoms with Crippen molar-refractivity contribution in [1.29, 1.82) is 0 Å². The summed E-state index contributed by atoms with van der Waals surface area (Å²) in [6.45, 7) is 0.673. The summed E-state index contributed by atoms with van der Waals surface area (Å²) in [5.41, 5.74) is 7.04. The fourth-order valence-electron chi connectivity index (χ4n) is 1.86. The van der Waals surface area contributed by atoms with Gasteiger partial charge in [0.15, 0.2) is 5.78 Å². The summed E-state index contributed by atoms with van der Waals surface area (Å²) in [4.78, 5) is 22.3. The number of unbranched alkanes of at least 4 members (excludes halogenated alkanes) is 2. The summed E-state index contributed by atoms with van der Waals surface area (Å²) in [6.07, 6.45) is 3.98. The lowest BCUT2D eigenvalue weighted by Gasteiger charge is -2.03. The van der Waals surface area contributed by atoms with E-state index in [2.05, 4.69) is 0 Å². The largest absolute Gasteiger partial charge is 0.481 e. The van der Waals surface area contributed by atoms with Gasteiger partial charge in [-0.2, -0.15) is 0 Å². The number of carboxylic acids is 1. The van der Waals surface area contributed by atoms with E-state index in [9.17, 15) is 9.59 Å². The minimum Gasteiger partial charge on any atom is -0.481 e. The Kier molecular flexibility index (Phi) is 6.82. The Morgan fingerprint density at radius 2 is 1.68 bits per heavy atom. The van der Waals surface area contributed by atoms with Crippen molar-refractivity contribution in [2.75, 3.05) is 6.54 Å². The van der Waals surface area contributed by atoms with E-state index in [0.717, 1.165) is 24.8 Å². The smallest absolute Gasteiger partial charge is 0.303 e. The summed E-state index contributed by atoms with van der Waals surface area (Å²) in [7, 11) is 0. The normalized spacial score (nSPS) is 10.4. The standard InChI is InChI=1S/C15H21NO3/c16-11-3-1-2-4-14(17)13-8-5-12(6-9-13)7-10-15(18)19/h5-6,8-9H,1-4,7,10-11,16H2,(H,18,19). The molecule has 0 spiro atoms. The summed E-state index contributed by atoms with van der Waals surface area (Å²) in [5.74, 6) is -0.665. The number of carbonyl (C=O) groups is 2. The molecular weight excluding hydrogens is 242 g/mol. The van der Waals surface area contributed by atoms with E-state index in [1.54, 1.807) is 12.1 Å². The molecule has 1 aromatic carbocycles. The molecule has 0 unspecified atom stereocenters. The van der Waals surface area contributed by atoms with Gasteiger partial charge in [-0.25, -0.2) is 0 Å². The number of carbonyl (C=O) groups excluding carboxylic acids is 1. The highest BCUT2D eigenvalue weighted by molar-refractivity contribution is 5.96. The van der Waals surface area contributed by atoms with Crippen LogP contribution in [0.15, 0.2) is 24.3 Å². The molecule has 0 bridgehead atoms. The molecule has 4 heteroatoms. The predicted molar refractivity (Wildman–Crippen MR) is 74.3 cm³/mol. The number of aliphatic carboxylic acids is 1. The number of benzene rings is 1. The molecule has 0 radical (unpaired) electrons. The van der Waals surface area contributed by atoms with Crippen molar-refractivity contribution in [2.45, 2.75) is 38.5 Å². The molecule has 3 N–H and O–H groups in total. The van der Waals surface area contributed by atoms with Gasteiger partial charge >= 0.3 is 5.97 Å². The number of Topliss-reactive ketones (excluding diaryl/α,β-unsaturated/α-hetero) is 1. The lowest BCUT2D eigenvalue weighted by atomic mass is 10.0. The van der Waals surface area contributed by atoms with Gasteiger partial charge in [0, 0.05) is 18.4 Å². The minimum absolute atomic E-state index is 0.117. The first-order valence-corrected chi connectivity index (χ1v) is 6.67. The topological polar surface area (TPSA) is 80.4 Å². The number of aryl methyl sites for hydroxylation is 1. The lowest BCUT2D eigenvalue weighted by Crippen LogP contribution is -2.02. The fourth-order valence-corrected chi connectivity index (χ4v) is 1.86. The van der Waals surface area contributed by atoms with Crippen molar-refractivity contribution >= 4 is 11.8 Å². The zero-order valence-corrected chi connectivity index (χ0v) is 11.1. The Hall–Kier alpha value is -1.68. The number of hydrogen-bond donors (Lipinski definition) is 2. The number of carboxylic acid groups (broad SMARTS) is 1. The van der Waals surface area contributed by atoms with Crippen molar-refractivity contribution in [3.63, 3.8) is 0 Å². The van der Waals surface area contributed by atoms with Crippen LogP contribution in [0.5, 0.6) is 0 Å². The van der Waals surface area contributed by atoms with Gasteiger partial charge in [0.05, 0.1) is 0 Å². The summed E-state index contributed by atoms with van der Waals surface area (Å²) in [6, 6.07) is 7.22. The van der Waals surface area contributed by atoms with Crippen LogP contribution in [0.2, 0.25) is 0 Å². The molecule has 0 saturated heterocycles. The zero-order chi connectivity index (χ0) is 14.1. The second-order valence-electron chi connectivity index (χ2n) is 4.61. The van der Waals surface area contributed by atoms with Crippen molar-refractivity contribution in [3.8, 4) is 0 Å². The summed E-state index contributed by atoms with van der Waals surface area (Å²) >= 11 is 0. The summed E-state index contributed by atoms with van der Waals surface area (Å²) in [5, 5.41) is 8.60. The second kappa shape index (κ2) is 8.43. The predicted octanol–water partition coefficient (Wildman–Crippen LogP) is 2.41. The highest BCUT2D eigenvalue weighted by Gasteiger charge is 2.06. The fraction of sp³-hybridized carbons (Fsp3) is 0.467. The Balaban J connectivity index is 2.42. The SMILES string of the molecule is NCCCCCC(=O)c1ccc(CCC(=O)O)cc1. The average molecular weight is 263 g/mol. The number of rotatable bonds is 9. The maximum absolute atomic E-state index is 11.9. The Bertz CT molecular complexity index is 412. The van der Waals surface area contributed by atoms with Crippen molar-refractivity contribution in [3.05, 3.63) is 35.4 Å². The molecule has 1 rings (SSSR count). The van der Waals surface area contributed by atoms with E-state index in [1.165, 1.54) is 0 Å². The van der Waals surface area contributed by atoms with Gasteiger partial charge in [-0.3, -0.25) is 9.59 Å². The molecular formula is C15H21NO3. The third kappa shape index (κ3) is 6.15. The van der Waals surface area contributed by atoms with Crippen LogP contribution in [-0.2, 0) is 11.2 Å². The number of ketones is 1. The Labute approximate surface area is 113 Å². The van der Waals surface area contributed by atoms with Crippen LogP contribution in [0, 0.1) is 0 Å². The van der Waals surface area contributed by atoms with Crippen LogP contribution in [0.4, 0.5) is 0 Å². The van der Waals surface area contributed by atoms with Crippen molar-refractivity contribution < 1.29 is 14.7 Å². The number of hydrogen-bond acceptors (Lipinski definition) is 3. The van der Waals surface area contributed by atoms with Crippen molar-refractivity contribution in [2.24, 2.45) is 5.73 Å². The van der Waals surface area contributed by atoms with Gasteiger partial charge in [-0.05, 0) is 31.4 Å². The van der Waals surface area contributed by atoms with Crippen LogP contribution in [-0.4, -0.2) is 23.4 Å². The molecule has 19 heavy (non-hydrogen) atoms. The average Bonchev–Trinajstić information content (AvgIpc) is 2.41. The van der Waals surface area contributed by atoms with E-state index < -0.39 is 5.97 Å². The first kappa shape index (κ1) is 15.4. The Morgan fingerprint density at radius 3 is 2.26 bits per heavy atom. The van der Waals surface area contributed by atoms with Gasteiger partial charge in [0.1, 0.15) is 0 Å². The monoisotopic (exact) mass is 263 g/mol. The van der Waals surface area contributed by atoms with Crippen LogP contribution < -0.4 is 5.73 Å². The van der Waals surface area contributed by atoms with E-state index in [-0.39, 0.29) is 12.2 Å². The molecule has 0 fully saturated rings. The summed E-state index contributed by atoms with van der Waals surface area (Å²) < 4.78 is 0. The third-order valence-corrected chi connectivity index (χ3v) is 3.01. The Morgan fingerprint density at radius 1 is 1.00 bits per heavy atom. The molecule has 0 aliphatic carbocycles. The molecule has 104 valence electrons. The quantitative estimate of drug-likeness (QED) is 0.529. The van der Waals surface area contributed by atoms with Gasteiger partial charge in [0.25, 0.3) is 0 Å². The maximum atomic E-state index is 11.9. The zero-order valence-electron chi connectivity index (χ0n) is 11.1. The van der Waals surface area contributed by atoms with E-state index in [4.69, 9.17) is 10.8 Å². The first-order chi connectivity index (χ1) is 9.13. The first-order valence-electron chi connectivity index (χ1n) is 6.67. The maximum Gasteiger partial charge on any atom is 0.303 e. The lowest BCUT2D eigenvalue weighted by molar-refractivity contribution is -0.136. The van der Waals surface area contributed by atoms with Gasteiger partial charge in [-0.15, -0.1) is 0 Å². The van der Waals surface area contributed by atoms with E-state index in [1.807, 2.05) is 12.1 Å². The number of nitrogens with two attached hydrogens (primary N) is 1. The van der Waals surface area contributed by atoms with E-state index >= 15 is 0 Å². The van der Waals surface area contributed by atoms with Gasteiger partial charge in [0.2, 0.25) is 0 Å². The molecule has 0 atom stereocenters. The minimum atomic E-state index is -0.806. The van der Waals surface area contributed by atoms with Gasteiger partial charge < -0.3 is 10.8 Å². The molecule has 0 aliphatic heterocycles. The van der Waals surface area contributed by atoms with Crippen molar-refractivity contribution in [1.82, 2.24) is 0 Å². The van der Waals surface area contributed by atoms with Crippen LogP contribution >= 0.6 is 0 Å². The molecule has 0 aromatic heterocycles. The second-order valence-corrected chi connectivity index (χ2v) is 4.61. The van der Waals surface area contributed by atoms with Crippen LogP contribution in [0.25, 0.3) is 0 Å². The molecule has 0 heterocycles. The molecule has 0 amide bonds. The van der Waals surface area contributed by atoms with Crippen LogP contribution in [0.3, 0.4) is 0 Å². The van der Waals surface area contributed by atoms with Crippen LogP contribution in [0.1, 0.15) is 48.0 Å². The van der Waals surface area contributed by atoms with Gasteiger partial charge in [-0.1, -0.05) is 30.7 Å². The highest BCUT2D eigenvalue weighted by atomic mass is 16.4. The highest BCUT2D eigenvalue weighted by Crippen LogP contribution is 2.11. The molecule has 0 aliphatic rings. The van der Waals surface area contributed by atoms with E-state index in [0.29, 0.717) is 24.9 Å². The molecule has 4 nitrogen and oxygen atoms in total. The molecule has 1 aromatic rings. The third-order valence-electron chi connectivity index (χ3n) is 3.01. The molecule has 0 saturated carbocycles.